The van der Waals surface area contributed by atoms with Gasteiger partial charge in [0.15, 0.2) is 0 Å². The van der Waals surface area contributed by atoms with Crippen molar-refractivity contribution in [3.8, 4) is 0 Å². The van der Waals surface area contributed by atoms with Gasteiger partial charge in [-0.05, 0) is 23.8 Å². The number of esters is 1. The summed E-state index contributed by atoms with van der Waals surface area (Å²) in [6.07, 6.45) is 0.665. The molecule has 118 valence electrons. The van der Waals surface area contributed by atoms with Crippen LogP contribution in [0, 0.1) is 0 Å². The van der Waals surface area contributed by atoms with Crippen molar-refractivity contribution < 1.29 is 19.1 Å². The number of hydrogen-bond acceptors (Lipinski definition) is 5. The molecule has 0 unspecified atom stereocenters. The Morgan fingerprint density at radius 3 is 2.82 bits per heavy atom. The van der Waals surface area contributed by atoms with Crippen molar-refractivity contribution in [3.63, 3.8) is 0 Å². The highest BCUT2D eigenvalue weighted by molar-refractivity contribution is 6.33. The maximum absolute atomic E-state index is 11.5. The number of methoxy groups -OCH3 is 1. The molecule has 0 aliphatic carbocycles. The van der Waals surface area contributed by atoms with Crippen LogP contribution >= 0.6 is 11.6 Å². The molecule has 2 aromatic rings. The summed E-state index contributed by atoms with van der Waals surface area (Å²) < 4.78 is 10.2. The molecule has 0 aliphatic rings. The average molecular weight is 324 g/mol. The fraction of sp³-hybridized carbons (Fsp3) is 0.312. The monoisotopic (exact) mass is 323 g/mol. The van der Waals surface area contributed by atoms with Crippen LogP contribution in [0.1, 0.15) is 34.4 Å². The summed E-state index contributed by atoms with van der Waals surface area (Å²) in [5.74, 6) is 0.412. The van der Waals surface area contributed by atoms with Gasteiger partial charge in [-0.15, -0.1) is 0 Å². The minimum absolute atomic E-state index is 0.0513. The number of ether oxygens (including phenoxy) is 1. The molecule has 1 aromatic carbocycles. The van der Waals surface area contributed by atoms with Gasteiger partial charge in [0, 0.05) is 18.5 Å². The number of carbonyl (C=O) groups is 1. The third kappa shape index (κ3) is 3.61. The SMILES string of the molecule is CCc1oc(C(=O)OC)cc1CNc1cc(CO)ccc1Cl. The summed E-state index contributed by atoms with van der Waals surface area (Å²) in [5.41, 5.74) is 2.36. The summed E-state index contributed by atoms with van der Waals surface area (Å²) in [4.78, 5) is 11.5. The largest absolute Gasteiger partial charge is 0.463 e. The van der Waals surface area contributed by atoms with Gasteiger partial charge in [0.2, 0.25) is 5.76 Å². The predicted octanol–water partition coefficient (Wildman–Crippen LogP) is 3.39. The van der Waals surface area contributed by atoms with Gasteiger partial charge in [0.05, 0.1) is 24.4 Å². The number of furan rings is 1. The van der Waals surface area contributed by atoms with Crippen LogP contribution in [0.3, 0.4) is 0 Å². The van der Waals surface area contributed by atoms with Gasteiger partial charge in [-0.1, -0.05) is 24.6 Å². The molecule has 22 heavy (non-hydrogen) atoms. The van der Waals surface area contributed by atoms with E-state index in [0.29, 0.717) is 18.0 Å². The van der Waals surface area contributed by atoms with Gasteiger partial charge in [-0.2, -0.15) is 0 Å². The number of halogens is 1. The summed E-state index contributed by atoms with van der Waals surface area (Å²) in [6, 6.07) is 6.94. The second-order valence-corrected chi connectivity index (χ2v) is 5.14. The van der Waals surface area contributed by atoms with Crippen LogP contribution in [0.5, 0.6) is 0 Å². The average Bonchev–Trinajstić information content (AvgIpc) is 2.96. The van der Waals surface area contributed by atoms with Crippen LogP contribution in [0.4, 0.5) is 5.69 Å². The molecule has 6 heteroatoms. The molecular weight excluding hydrogens is 306 g/mol. The minimum atomic E-state index is -0.499. The van der Waals surface area contributed by atoms with E-state index in [-0.39, 0.29) is 12.4 Å². The van der Waals surface area contributed by atoms with E-state index in [4.69, 9.17) is 16.0 Å². The van der Waals surface area contributed by atoms with Gasteiger partial charge in [0.1, 0.15) is 5.76 Å². The van der Waals surface area contributed by atoms with Gasteiger partial charge < -0.3 is 19.6 Å². The molecule has 0 spiro atoms. The molecule has 2 rings (SSSR count). The summed E-state index contributed by atoms with van der Waals surface area (Å²) in [5, 5.41) is 12.9. The van der Waals surface area contributed by atoms with Crippen LogP contribution in [0.2, 0.25) is 5.02 Å². The van der Waals surface area contributed by atoms with Crippen LogP contribution in [0.25, 0.3) is 0 Å². The Hall–Kier alpha value is -1.98. The molecule has 0 fully saturated rings. The zero-order chi connectivity index (χ0) is 16.1. The minimum Gasteiger partial charge on any atom is -0.463 e. The lowest BCUT2D eigenvalue weighted by atomic mass is 10.1. The molecule has 2 N–H and O–H groups in total. The summed E-state index contributed by atoms with van der Waals surface area (Å²) in [6.45, 7) is 2.35. The number of carbonyl (C=O) groups excluding carboxylic acids is 1. The summed E-state index contributed by atoms with van der Waals surface area (Å²) in [7, 11) is 1.31. The topological polar surface area (TPSA) is 71.7 Å². The quantitative estimate of drug-likeness (QED) is 0.797. The van der Waals surface area contributed by atoms with Crippen LogP contribution in [0.15, 0.2) is 28.7 Å². The standard InChI is InChI=1S/C16H18ClNO4/c1-3-14-11(7-15(22-14)16(20)21-2)8-18-13-6-10(9-19)4-5-12(13)17/h4-7,18-19H,3,8-9H2,1-2H3. The van der Waals surface area contributed by atoms with E-state index in [1.165, 1.54) is 7.11 Å². The first-order valence-corrected chi connectivity index (χ1v) is 7.29. The zero-order valence-corrected chi connectivity index (χ0v) is 13.2. The highest BCUT2D eigenvalue weighted by atomic mass is 35.5. The molecule has 0 aliphatic heterocycles. The van der Waals surface area contributed by atoms with Crippen LogP contribution in [-0.2, 0) is 24.3 Å². The number of benzene rings is 1. The van der Waals surface area contributed by atoms with Gasteiger partial charge >= 0.3 is 5.97 Å². The number of rotatable bonds is 6. The third-order valence-corrected chi connectivity index (χ3v) is 3.62. The van der Waals surface area contributed by atoms with Crippen molar-refractivity contribution >= 4 is 23.3 Å². The fourth-order valence-electron chi connectivity index (χ4n) is 2.11. The molecule has 0 bridgehead atoms. The Labute approximate surface area is 133 Å². The highest BCUT2D eigenvalue weighted by Gasteiger charge is 2.16. The fourth-order valence-corrected chi connectivity index (χ4v) is 2.30. The first-order chi connectivity index (χ1) is 10.6. The number of nitrogens with one attached hydrogen (secondary N) is 1. The Kier molecular flexibility index (Phi) is 5.46. The van der Waals surface area contributed by atoms with Crippen molar-refractivity contribution in [2.24, 2.45) is 0 Å². The van der Waals surface area contributed by atoms with Crippen molar-refractivity contribution in [2.75, 3.05) is 12.4 Å². The lowest BCUT2D eigenvalue weighted by Gasteiger charge is -2.09. The number of anilines is 1. The lowest BCUT2D eigenvalue weighted by Crippen LogP contribution is -2.02. The van der Waals surface area contributed by atoms with Crippen LogP contribution in [-0.4, -0.2) is 18.2 Å². The normalized spacial score (nSPS) is 10.5. The smallest absolute Gasteiger partial charge is 0.373 e. The number of aliphatic hydroxyl groups excluding tert-OH is 1. The Balaban J connectivity index is 2.17. The third-order valence-electron chi connectivity index (χ3n) is 3.29. The van der Waals surface area contributed by atoms with E-state index in [1.807, 2.05) is 6.92 Å². The number of aryl methyl sites for hydroxylation is 1. The maximum atomic E-state index is 11.5. The first kappa shape index (κ1) is 16.4. The molecule has 0 saturated carbocycles. The van der Waals surface area contributed by atoms with Crippen molar-refractivity contribution in [2.45, 2.75) is 26.5 Å². The van der Waals surface area contributed by atoms with Crippen molar-refractivity contribution in [1.29, 1.82) is 0 Å². The summed E-state index contributed by atoms with van der Waals surface area (Å²) >= 11 is 6.13. The van der Waals surface area contributed by atoms with E-state index in [9.17, 15) is 9.90 Å². The van der Waals surface area contributed by atoms with Gasteiger partial charge in [-0.3, -0.25) is 0 Å². The van der Waals surface area contributed by atoms with Crippen LogP contribution < -0.4 is 5.32 Å². The van der Waals surface area contributed by atoms with E-state index < -0.39 is 5.97 Å². The highest BCUT2D eigenvalue weighted by Crippen LogP contribution is 2.25. The molecule has 1 heterocycles. The van der Waals surface area contributed by atoms with Gasteiger partial charge in [0.25, 0.3) is 0 Å². The van der Waals surface area contributed by atoms with E-state index in [2.05, 4.69) is 10.1 Å². The molecule has 0 saturated heterocycles. The molecule has 0 amide bonds. The predicted molar refractivity (Wildman–Crippen MR) is 84.1 cm³/mol. The second-order valence-electron chi connectivity index (χ2n) is 4.73. The number of hydrogen-bond donors (Lipinski definition) is 2. The van der Waals surface area contributed by atoms with Crippen molar-refractivity contribution in [3.05, 3.63) is 51.9 Å². The molecule has 0 radical (unpaired) electrons. The first-order valence-electron chi connectivity index (χ1n) is 6.92. The zero-order valence-electron chi connectivity index (χ0n) is 12.5. The van der Waals surface area contributed by atoms with E-state index in [0.717, 1.165) is 22.6 Å². The molecule has 0 atom stereocenters. The molecule has 5 nitrogen and oxygen atoms in total. The Morgan fingerprint density at radius 1 is 1.41 bits per heavy atom. The van der Waals surface area contributed by atoms with E-state index >= 15 is 0 Å². The maximum Gasteiger partial charge on any atom is 0.373 e. The second kappa shape index (κ2) is 7.33. The Bertz CT molecular complexity index is 666. The number of aliphatic hydroxyl groups is 1. The lowest BCUT2D eigenvalue weighted by molar-refractivity contribution is 0.0563. The Morgan fingerprint density at radius 2 is 2.18 bits per heavy atom. The van der Waals surface area contributed by atoms with E-state index in [1.54, 1.807) is 24.3 Å². The molecular formula is C16H18ClNO4. The molecule has 1 aromatic heterocycles. The van der Waals surface area contributed by atoms with Gasteiger partial charge in [-0.25, -0.2) is 4.79 Å². The van der Waals surface area contributed by atoms with Crippen molar-refractivity contribution in [1.82, 2.24) is 0 Å².